The van der Waals surface area contributed by atoms with E-state index in [1.807, 2.05) is 0 Å². The van der Waals surface area contributed by atoms with Crippen molar-refractivity contribution in [3.05, 3.63) is 56.9 Å². The predicted molar refractivity (Wildman–Crippen MR) is 94.5 cm³/mol. The molecule has 1 heterocycles. The number of carbonyl (C=O) groups is 2. The number of ether oxygens (including phenoxy) is 1. The molecule has 0 aliphatic rings. The molecule has 0 saturated heterocycles. The molecule has 0 aliphatic carbocycles. The number of carbonyl (C=O) groups excluding carboxylic acids is 1. The van der Waals surface area contributed by atoms with Gasteiger partial charge >= 0.3 is 11.9 Å². The fourth-order valence-corrected chi connectivity index (χ4v) is 2.59. The van der Waals surface area contributed by atoms with Crippen LogP contribution in [0, 0.1) is 21.4 Å². The van der Waals surface area contributed by atoms with E-state index in [0.717, 1.165) is 6.07 Å². The lowest BCUT2D eigenvalue weighted by molar-refractivity contribution is -0.384. The first-order chi connectivity index (χ1) is 13.2. The Balaban J connectivity index is 2.99. The Morgan fingerprint density at radius 1 is 1.36 bits per heavy atom. The molecular weight excluding hydrogens is 370 g/mol. The first-order valence-corrected chi connectivity index (χ1v) is 7.98. The Kier molecular flexibility index (Phi) is 6.02. The van der Waals surface area contributed by atoms with Gasteiger partial charge in [0, 0.05) is 17.7 Å². The molecule has 10 nitrogen and oxygen atoms in total. The first kappa shape index (κ1) is 20.5. The smallest absolute Gasteiger partial charge is 0.341 e. The van der Waals surface area contributed by atoms with Gasteiger partial charge < -0.3 is 14.9 Å². The highest BCUT2D eigenvalue weighted by atomic mass is 16.6. The van der Waals surface area contributed by atoms with Gasteiger partial charge in [-0.05, 0) is 19.4 Å². The van der Waals surface area contributed by atoms with Crippen molar-refractivity contribution in [1.29, 1.82) is 5.26 Å². The zero-order valence-electron chi connectivity index (χ0n) is 14.9. The third-order valence-electron chi connectivity index (χ3n) is 3.63. The fourth-order valence-electron chi connectivity index (χ4n) is 2.59. The highest BCUT2D eigenvalue weighted by molar-refractivity contribution is 6.07. The van der Waals surface area contributed by atoms with Crippen LogP contribution in [-0.2, 0) is 11.3 Å². The zero-order valence-corrected chi connectivity index (χ0v) is 14.9. The maximum Gasteiger partial charge on any atom is 0.341 e. The summed E-state index contributed by atoms with van der Waals surface area (Å²) in [5, 5.41) is 39.7. The molecule has 144 valence electrons. The Morgan fingerprint density at radius 3 is 2.54 bits per heavy atom. The average Bonchev–Trinajstić information content (AvgIpc) is 2.65. The Labute approximate surface area is 158 Å². The largest absolute Gasteiger partial charge is 0.478 e. The summed E-state index contributed by atoms with van der Waals surface area (Å²) < 4.78 is 5.13. The van der Waals surface area contributed by atoms with Gasteiger partial charge in [-0.1, -0.05) is 12.1 Å². The zero-order chi connectivity index (χ0) is 21.0. The van der Waals surface area contributed by atoms with Crippen LogP contribution >= 0.6 is 0 Å². The van der Waals surface area contributed by atoms with Crippen LogP contribution in [0.25, 0.3) is 11.1 Å². The van der Waals surface area contributed by atoms with Crippen LogP contribution in [0.5, 0.6) is 0 Å². The Bertz CT molecular complexity index is 1010. The van der Waals surface area contributed by atoms with E-state index in [2.05, 4.69) is 4.98 Å². The number of hydrogen-bond donors (Lipinski definition) is 2. The normalized spacial score (nSPS) is 10.4. The molecule has 0 aliphatic heterocycles. The van der Waals surface area contributed by atoms with Crippen molar-refractivity contribution >= 4 is 17.6 Å². The summed E-state index contributed by atoms with van der Waals surface area (Å²) in [7, 11) is 0. The van der Waals surface area contributed by atoms with Crippen molar-refractivity contribution < 1.29 is 29.5 Å². The molecule has 0 bridgehead atoms. The van der Waals surface area contributed by atoms with Crippen LogP contribution < -0.4 is 0 Å². The molecule has 0 radical (unpaired) electrons. The van der Waals surface area contributed by atoms with E-state index in [0.29, 0.717) is 0 Å². The molecule has 0 spiro atoms. The fraction of sp³-hybridized carbons (Fsp3) is 0.222. The van der Waals surface area contributed by atoms with Crippen LogP contribution in [-0.4, -0.2) is 38.2 Å². The molecule has 0 amide bonds. The summed E-state index contributed by atoms with van der Waals surface area (Å²) in [5.41, 5.74) is -2.43. The molecule has 2 aromatic rings. The van der Waals surface area contributed by atoms with Crippen molar-refractivity contribution in [2.24, 2.45) is 0 Å². The summed E-state index contributed by atoms with van der Waals surface area (Å²) in [6, 6.07) is 6.53. The van der Waals surface area contributed by atoms with Gasteiger partial charge in [-0.3, -0.25) is 10.1 Å². The molecule has 0 unspecified atom stereocenters. The van der Waals surface area contributed by atoms with E-state index >= 15 is 0 Å². The van der Waals surface area contributed by atoms with Gasteiger partial charge in [-0.2, -0.15) is 5.26 Å². The van der Waals surface area contributed by atoms with Crippen molar-refractivity contribution in [1.82, 2.24) is 4.98 Å². The summed E-state index contributed by atoms with van der Waals surface area (Å²) in [4.78, 5) is 38.7. The van der Waals surface area contributed by atoms with Gasteiger partial charge in [0.1, 0.15) is 11.6 Å². The molecule has 0 fully saturated rings. The number of nitriles is 1. The second kappa shape index (κ2) is 8.24. The van der Waals surface area contributed by atoms with E-state index in [1.54, 1.807) is 19.9 Å². The third kappa shape index (κ3) is 3.94. The topological polar surface area (TPSA) is 164 Å². The number of aromatic nitrogens is 1. The molecule has 2 N–H and O–H groups in total. The number of pyridine rings is 1. The van der Waals surface area contributed by atoms with Gasteiger partial charge in [0.15, 0.2) is 5.69 Å². The van der Waals surface area contributed by atoms with Gasteiger partial charge in [0.25, 0.3) is 5.69 Å². The molecule has 0 atom stereocenters. The number of carboxylic acid groups (broad SMARTS) is 1. The van der Waals surface area contributed by atoms with Gasteiger partial charge in [-0.25, -0.2) is 14.6 Å². The number of nitrogens with zero attached hydrogens (tertiary/aromatic N) is 3. The molecule has 10 heteroatoms. The van der Waals surface area contributed by atoms with Crippen LogP contribution in [0.1, 0.15) is 46.0 Å². The minimum absolute atomic E-state index is 0.00379. The number of rotatable bonds is 6. The SMILES string of the molecule is CC(C)OC(=O)c1c(CO)nc(C#N)c(C(=O)O)c1-c1cccc([N+](=O)[O-])c1. The van der Waals surface area contributed by atoms with E-state index in [-0.39, 0.29) is 28.1 Å². The number of nitro groups is 1. The monoisotopic (exact) mass is 385 g/mol. The molecule has 1 aromatic heterocycles. The number of nitro benzene ring substituents is 1. The molecule has 1 aromatic carbocycles. The highest BCUT2D eigenvalue weighted by Gasteiger charge is 2.30. The number of hydrogen-bond acceptors (Lipinski definition) is 8. The standard InChI is InChI=1S/C18H15N3O7/c1-9(2)28-18(25)16-13(8-22)20-12(7-19)15(17(23)24)14(16)10-4-3-5-11(6-10)21(26)27/h3-6,9,22H,8H2,1-2H3,(H,23,24). The summed E-state index contributed by atoms with van der Waals surface area (Å²) in [6.45, 7) is 2.36. The molecule has 0 saturated carbocycles. The maximum atomic E-state index is 12.6. The minimum atomic E-state index is -1.56. The average molecular weight is 385 g/mol. The highest BCUT2D eigenvalue weighted by Crippen LogP contribution is 2.34. The van der Waals surface area contributed by atoms with Crippen LogP contribution in [0.4, 0.5) is 5.69 Å². The predicted octanol–water partition coefficient (Wildman–Crippen LogP) is 2.28. The van der Waals surface area contributed by atoms with Crippen molar-refractivity contribution in [3.63, 3.8) is 0 Å². The number of non-ortho nitro benzene ring substituents is 1. The number of esters is 1. The van der Waals surface area contributed by atoms with Crippen LogP contribution in [0.2, 0.25) is 0 Å². The van der Waals surface area contributed by atoms with Crippen molar-refractivity contribution in [3.8, 4) is 17.2 Å². The quantitative estimate of drug-likeness (QED) is 0.431. The second-order valence-corrected chi connectivity index (χ2v) is 5.87. The summed E-state index contributed by atoms with van der Waals surface area (Å²) >= 11 is 0. The second-order valence-electron chi connectivity index (χ2n) is 5.87. The van der Waals surface area contributed by atoms with E-state index in [1.165, 1.54) is 18.2 Å². The lowest BCUT2D eigenvalue weighted by atomic mass is 9.92. The van der Waals surface area contributed by atoms with Crippen molar-refractivity contribution in [2.75, 3.05) is 0 Å². The van der Waals surface area contributed by atoms with Gasteiger partial charge in [-0.15, -0.1) is 0 Å². The van der Waals surface area contributed by atoms with Crippen LogP contribution in [0.15, 0.2) is 24.3 Å². The number of aromatic carboxylic acids is 1. The minimum Gasteiger partial charge on any atom is -0.478 e. The molecule has 2 rings (SSSR count). The molecular formula is C18H15N3O7. The maximum absolute atomic E-state index is 12.6. The number of aliphatic hydroxyl groups is 1. The third-order valence-corrected chi connectivity index (χ3v) is 3.63. The van der Waals surface area contributed by atoms with Gasteiger partial charge in [0.2, 0.25) is 0 Å². The van der Waals surface area contributed by atoms with E-state index in [9.17, 15) is 35.2 Å². The summed E-state index contributed by atoms with van der Waals surface area (Å²) in [5.74, 6) is -2.53. The van der Waals surface area contributed by atoms with E-state index in [4.69, 9.17) is 4.74 Å². The Hall–Kier alpha value is -3.84. The number of carboxylic acids is 1. The summed E-state index contributed by atoms with van der Waals surface area (Å²) in [6.07, 6.45) is -0.569. The number of aliphatic hydroxyl groups excluding tert-OH is 1. The van der Waals surface area contributed by atoms with Gasteiger partial charge in [0.05, 0.1) is 28.9 Å². The van der Waals surface area contributed by atoms with E-state index < -0.39 is 40.8 Å². The Morgan fingerprint density at radius 2 is 2.04 bits per heavy atom. The lowest BCUT2D eigenvalue weighted by Gasteiger charge is -2.17. The lowest BCUT2D eigenvalue weighted by Crippen LogP contribution is -2.19. The number of benzene rings is 1. The first-order valence-electron chi connectivity index (χ1n) is 7.98. The van der Waals surface area contributed by atoms with Crippen molar-refractivity contribution in [2.45, 2.75) is 26.6 Å². The van der Waals surface area contributed by atoms with Crippen LogP contribution in [0.3, 0.4) is 0 Å². The molecule has 28 heavy (non-hydrogen) atoms.